The van der Waals surface area contributed by atoms with Crippen LogP contribution in [0.2, 0.25) is 7.96 Å². The normalized spacial score (nSPS) is 10.0. The summed E-state index contributed by atoms with van der Waals surface area (Å²) >= 11 is -0.0390. The fourth-order valence-electron chi connectivity index (χ4n) is 2.31. The number of carboxylic acid groups (broad SMARTS) is 1. The number of hydrogen-bond donors (Lipinski definition) is 0. The topological polar surface area (TPSA) is 40.1 Å². The van der Waals surface area contributed by atoms with Crippen LogP contribution < -0.4 is 5.11 Å². The van der Waals surface area contributed by atoms with E-state index in [1.807, 2.05) is 0 Å². The van der Waals surface area contributed by atoms with Crippen LogP contribution in [0.4, 0.5) is 0 Å². The molecule has 0 N–H and O–H groups in total. The third-order valence-corrected chi connectivity index (χ3v) is 9.40. The van der Waals surface area contributed by atoms with Crippen LogP contribution in [0.25, 0.3) is 0 Å². The molecule has 3 heteroatoms. The van der Waals surface area contributed by atoms with Gasteiger partial charge in [-0.15, -0.1) is 0 Å². The third-order valence-electron chi connectivity index (χ3n) is 3.90. The first-order valence-corrected chi connectivity index (χ1v) is 15.6. The molecule has 0 saturated carbocycles. The van der Waals surface area contributed by atoms with E-state index in [1.54, 1.807) is 7.96 Å². The molecule has 0 amide bonds. The second kappa shape index (κ2) is 24.6. The van der Waals surface area contributed by atoms with Gasteiger partial charge in [0, 0.05) is 5.97 Å². The molecule has 0 aliphatic rings. The number of hydrogen-bond acceptors (Lipinski definition) is 2. The Labute approximate surface area is 158 Å². The first kappa shape index (κ1) is 25.6. The fourth-order valence-corrected chi connectivity index (χ4v) is 7.97. The summed E-state index contributed by atoms with van der Waals surface area (Å²) in [5.74, 6) is -0.909. The van der Waals surface area contributed by atoms with Crippen LogP contribution in [-0.4, -0.2) is 30.2 Å². The summed E-state index contributed by atoms with van der Waals surface area (Å²) in [4.78, 5) is 10.1. The summed E-state index contributed by atoms with van der Waals surface area (Å²) in [7, 11) is 0. The van der Waals surface area contributed by atoms with Crippen LogP contribution in [0.15, 0.2) is 0 Å². The molecule has 23 heavy (non-hydrogen) atoms. The Morgan fingerprint density at radius 2 is 1.04 bits per heavy atom. The van der Waals surface area contributed by atoms with Crippen LogP contribution in [0, 0.1) is 0 Å². The molecule has 0 heterocycles. The van der Waals surface area contributed by atoms with E-state index in [1.165, 1.54) is 70.6 Å². The van der Waals surface area contributed by atoms with Crippen molar-refractivity contribution in [3.8, 4) is 0 Å². The second-order valence-electron chi connectivity index (χ2n) is 6.41. The van der Waals surface area contributed by atoms with E-state index in [0.29, 0.717) is 0 Å². The van der Waals surface area contributed by atoms with Gasteiger partial charge in [-0.05, 0) is 12.8 Å². The molecule has 0 rings (SSSR count). The van der Waals surface area contributed by atoms with Gasteiger partial charge in [0.25, 0.3) is 0 Å². The monoisotopic (exact) mass is 521 g/mol. The van der Waals surface area contributed by atoms with E-state index in [9.17, 15) is 9.90 Å². The Kier molecular flexibility index (Phi) is 27.5. The van der Waals surface area contributed by atoms with Gasteiger partial charge in [0.05, 0.1) is 0 Å². The number of unbranched alkanes of at least 4 members (excludes halogenated alkanes) is 10. The maximum absolute atomic E-state index is 10.1. The molecule has 0 aliphatic carbocycles. The molecule has 0 aromatic heterocycles. The van der Waals surface area contributed by atoms with Crippen LogP contribution in [0.1, 0.15) is 111 Å². The molecule has 1 radical (unpaired) electrons. The fraction of sp³-hybridized carbons (Fsp3) is 0.950. The summed E-state index contributed by atoms with van der Waals surface area (Å²) in [6, 6.07) is 0. The Morgan fingerprint density at radius 3 is 1.43 bits per heavy atom. The van der Waals surface area contributed by atoms with Crippen molar-refractivity contribution in [3.63, 3.8) is 0 Å². The zero-order chi connectivity index (χ0) is 17.6. The average molecular weight is 521 g/mol. The number of aliphatic carboxylic acids is 1. The van der Waals surface area contributed by atoms with Gasteiger partial charge in [0.15, 0.2) is 0 Å². The van der Waals surface area contributed by atoms with Gasteiger partial charge in [0.1, 0.15) is 0 Å². The summed E-state index contributed by atoms with van der Waals surface area (Å²) < 4.78 is 3.30. The predicted octanol–water partition coefficient (Wildman–Crippen LogP) is 5.78. The zero-order valence-electron chi connectivity index (χ0n) is 16.1. The van der Waals surface area contributed by atoms with Crippen molar-refractivity contribution in [1.29, 1.82) is 0 Å². The molecular formula is C20H41O2Pb. The number of carbonyl (C=O) groups is 1. The van der Waals surface area contributed by atoms with Crippen molar-refractivity contribution in [1.82, 2.24) is 0 Å². The van der Waals surface area contributed by atoms with Gasteiger partial charge in [-0.3, -0.25) is 0 Å². The van der Waals surface area contributed by atoms with E-state index in [-0.39, 0.29) is 30.7 Å². The van der Waals surface area contributed by atoms with Crippen molar-refractivity contribution >= 4 is 30.2 Å². The SMILES string of the molecule is CCCCCCCCCCCC(=O)[O-].CCC[CH2][Pb+][CH2]CCC. The third kappa shape index (κ3) is 30.8. The molecule has 0 spiro atoms. The standard InChI is InChI=1S/C12H24O2.2C4H9.Pb/c1-2-3-4-5-6-7-8-9-10-11-12(13)14;2*1-3-4-2;/h2-11H2,1H3,(H,13,14);2*1,3-4H2,2H3;/q;;;+1/p-1. The van der Waals surface area contributed by atoms with Gasteiger partial charge in [-0.2, -0.15) is 0 Å². The zero-order valence-corrected chi connectivity index (χ0v) is 20.0. The van der Waals surface area contributed by atoms with Crippen LogP contribution in [0.3, 0.4) is 0 Å². The Bertz CT molecular complexity index is 214. The van der Waals surface area contributed by atoms with Gasteiger partial charge in [-0.1, -0.05) is 58.3 Å². The van der Waals surface area contributed by atoms with Crippen LogP contribution in [-0.2, 0) is 4.79 Å². The van der Waals surface area contributed by atoms with Crippen molar-refractivity contribution in [2.24, 2.45) is 0 Å². The first-order valence-electron chi connectivity index (χ1n) is 10.1. The van der Waals surface area contributed by atoms with E-state index in [2.05, 4.69) is 20.8 Å². The predicted molar refractivity (Wildman–Crippen MR) is 102 cm³/mol. The Morgan fingerprint density at radius 1 is 0.652 bits per heavy atom. The molecule has 0 saturated heterocycles. The average Bonchev–Trinajstić information content (AvgIpc) is 2.54. The van der Waals surface area contributed by atoms with E-state index >= 15 is 0 Å². The number of rotatable bonds is 16. The molecule has 0 fully saturated rings. The maximum atomic E-state index is 10.1. The van der Waals surface area contributed by atoms with Crippen LogP contribution in [0.5, 0.6) is 0 Å². The van der Waals surface area contributed by atoms with E-state index < -0.39 is 5.97 Å². The second-order valence-corrected chi connectivity index (χ2v) is 12.2. The first-order chi connectivity index (χ1) is 11.2. The molecule has 0 bridgehead atoms. The number of carbonyl (C=O) groups excluding carboxylic acids is 1. The number of carboxylic acids is 1. The van der Waals surface area contributed by atoms with Crippen molar-refractivity contribution in [2.45, 2.75) is 119 Å². The Hall–Kier alpha value is 0.392. The Balaban J connectivity index is 0. The molecular weight excluding hydrogens is 479 g/mol. The van der Waals surface area contributed by atoms with Gasteiger partial charge in [-0.25, -0.2) is 0 Å². The summed E-state index contributed by atoms with van der Waals surface area (Å²) in [6.07, 6.45) is 17.0. The summed E-state index contributed by atoms with van der Waals surface area (Å²) in [5, 5.41) is 10.1. The minimum absolute atomic E-state index is 0.0390. The quantitative estimate of drug-likeness (QED) is 0.191. The summed E-state index contributed by atoms with van der Waals surface area (Å²) in [5.41, 5.74) is 0. The van der Waals surface area contributed by atoms with Crippen molar-refractivity contribution < 1.29 is 9.90 Å². The van der Waals surface area contributed by atoms with Gasteiger partial charge in [0.2, 0.25) is 0 Å². The molecule has 2 nitrogen and oxygen atoms in total. The molecule has 137 valence electrons. The molecule has 0 unspecified atom stereocenters. The molecule has 0 aliphatic heterocycles. The van der Waals surface area contributed by atoms with Gasteiger partial charge < -0.3 is 9.90 Å². The minimum atomic E-state index is -0.909. The molecule has 0 aromatic carbocycles. The van der Waals surface area contributed by atoms with E-state index in [0.717, 1.165) is 12.8 Å². The van der Waals surface area contributed by atoms with Crippen molar-refractivity contribution in [3.05, 3.63) is 0 Å². The summed E-state index contributed by atoms with van der Waals surface area (Å²) in [6.45, 7) is 6.81. The molecule has 0 atom stereocenters. The van der Waals surface area contributed by atoms with Crippen LogP contribution >= 0.6 is 0 Å². The van der Waals surface area contributed by atoms with Gasteiger partial charge >= 0.3 is 71.7 Å². The van der Waals surface area contributed by atoms with Crippen molar-refractivity contribution in [2.75, 3.05) is 0 Å². The van der Waals surface area contributed by atoms with E-state index in [4.69, 9.17) is 0 Å². The molecule has 0 aromatic rings.